The van der Waals surface area contributed by atoms with Crippen LogP contribution in [0.2, 0.25) is 0 Å². The summed E-state index contributed by atoms with van der Waals surface area (Å²) < 4.78 is 22.6. The lowest BCUT2D eigenvalue weighted by molar-refractivity contribution is -0.182. The second-order valence-electron chi connectivity index (χ2n) is 13.2. The standard InChI is InChI=1S/C38H39NO12/c1-21-14-15-25(40)32-29(21)37-18-19-39(3)22(2)38(37,47)17-16-27(33(37)49-32)48-28(42)20-26(41)35(45)51-31(24-12-8-5-9-13-24)36(46)50-30(34(43)44)23-10-6-4-7-11-23/h4-16,22,26,30-31,33,40-41,47H,17-20H2,1-3H3,(H,43,44)/t22-,26+,30+,31+,33+,37+,38-/m1/s1. The zero-order valence-electron chi connectivity index (χ0n) is 28.2. The number of aromatic hydroxyl groups is 1. The number of carbonyl (C=O) groups is 4. The van der Waals surface area contributed by atoms with Crippen LogP contribution >= 0.6 is 0 Å². The molecule has 13 nitrogen and oxygen atoms in total. The summed E-state index contributed by atoms with van der Waals surface area (Å²) >= 11 is 0. The Balaban J connectivity index is 1.19. The van der Waals surface area contributed by atoms with Crippen LogP contribution < -0.4 is 4.74 Å². The highest BCUT2D eigenvalue weighted by Gasteiger charge is 2.69. The molecule has 2 aliphatic heterocycles. The van der Waals surface area contributed by atoms with E-state index in [4.69, 9.17) is 18.9 Å². The third kappa shape index (κ3) is 6.21. The Morgan fingerprint density at radius 3 is 2.18 bits per heavy atom. The molecule has 7 atom stereocenters. The smallest absolute Gasteiger partial charge is 0.353 e. The summed E-state index contributed by atoms with van der Waals surface area (Å²) in [6.45, 7) is 4.34. The number of phenolic OH excluding ortho intramolecular Hbond substituents is 1. The Morgan fingerprint density at radius 1 is 0.941 bits per heavy atom. The number of likely N-dealkylation sites (tertiary alicyclic amines) is 1. The Hall–Kier alpha value is -5.24. The molecule has 1 spiro atoms. The number of fused-ring (bicyclic) bond motifs is 1. The van der Waals surface area contributed by atoms with Gasteiger partial charge < -0.3 is 44.3 Å². The van der Waals surface area contributed by atoms with Crippen LogP contribution in [0.3, 0.4) is 0 Å². The third-order valence-electron chi connectivity index (χ3n) is 10.3. The SMILES string of the molecule is Cc1ccc(O)c2c1[C@]13CCN(C)[C@H](C)[C@]1(O)CC=C(OC(=O)C[C@H](O)C(=O)O[C@H](C(=O)O[C@H](C(=O)O)c1ccccc1)c1ccccc1)[C@@H]3O2. The lowest BCUT2D eigenvalue weighted by Crippen LogP contribution is -2.71. The van der Waals surface area contributed by atoms with Gasteiger partial charge in [-0.25, -0.2) is 14.4 Å². The average molecular weight is 702 g/mol. The first-order valence-electron chi connectivity index (χ1n) is 16.5. The fourth-order valence-electron chi connectivity index (χ4n) is 7.56. The Morgan fingerprint density at radius 2 is 1.55 bits per heavy atom. The van der Waals surface area contributed by atoms with Gasteiger partial charge in [-0.3, -0.25) is 4.79 Å². The predicted molar refractivity (Wildman–Crippen MR) is 178 cm³/mol. The van der Waals surface area contributed by atoms with Crippen LogP contribution in [0.1, 0.15) is 60.6 Å². The van der Waals surface area contributed by atoms with Crippen molar-refractivity contribution in [3.05, 3.63) is 107 Å². The number of aryl methyl sites for hydroxylation is 1. The molecule has 0 bridgehead atoms. The molecule has 3 aromatic rings. The zero-order valence-corrected chi connectivity index (χ0v) is 28.2. The number of hydrogen-bond acceptors (Lipinski definition) is 12. The lowest BCUT2D eigenvalue weighted by Gasteiger charge is -2.58. The first kappa shape index (κ1) is 35.6. The lowest BCUT2D eigenvalue weighted by atomic mass is 9.54. The van der Waals surface area contributed by atoms with E-state index >= 15 is 0 Å². The van der Waals surface area contributed by atoms with Crippen molar-refractivity contribution >= 4 is 23.9 Å². The summed E-state index contributed by atoms with van der Waals surface area (Å²) in [6, 6.07) is 18.3. The van der Waals surface area contributed by atoms with E-state index in [0.717, 1.165) is 5.56 Å². The molecule has 1 fully saturated rings. The molecule has 4 N–H and O–H groups in total. The van der Waals surface area contributed by atoms with E-state index in [0.29, 0.717) is 18.5 Å². The number of phenols is 1. The first-order valence-corrected chi connectivity index (χ1v) is 16.5. The highest BCUT2D eigenvalue weighted by Crippen LogP contribution is 2.62. The molecule has 0 amide bonds. The number of carboxylic acids is 1. The van der Waals surface area contributed by atoms with Crippen molar-refractivity contribution in [3.63, 3.8) is 0 Å². The fraction of sp³-hybridized carbons (Fsp3) is 0.368. The third-order valence-corrected chi connectivity index (χ3v) is 10.3. The molecule has 0 saturated carbocycles. The van der Waals surface area contributed by atoms with Crippen molar-refractivity contribution in [2.75, 3.05) is 13.6 Å². The number of carbonyl (C=O) groups excluding carboxylic acids is 3. The molecule has 0 radical (unpaired) electrons. The van der Waals surface area contributed by atoms with Crippen molar-refractivity contribution in [1.29, 1.82) is 0 Å². The largest absolute Gasteiger partial charge is 0.504 e. The molecule has 1 aliphatic carbocycles. The van der Waals surface area contributed by atoms with Crippen LogP contribution in [0, 0.1) is 6.92 Å². The molecule has 3 aliphatic rings. The summed E-state index contributed by atoms with van der Waals surface area (Å²) in [6.07, 6.45) is -5.42. The fourth-order valence-corrected chi connectivity index (χ4v) is 7.56. The number of piperidine rings is 1. The van der Waals surface area contributed by atoms with Crippen molar-refractivity contribution in [2.24, 2.45) is 0 Å². The predicted octanol–water partition coefficient (Wildman–Crippen LogP) is 3.39. The molecule has 1 saturated heterocycles. The van der Waals surface area contributed by atoms with Crippen LogP contribution in [-0.2, 0) is 38.8 Å². The molecule has 3 aromatic carbocycles. The van der Waals surface area contributed by atoms with Crippen molar-refractivity contribution in [3.8, 4) is 11.5 Å². The minimum atomic E-state index is -2.09. The van der Waals surface area contributed by atoms with Gasteiger partial charge in [-0.05, 0) is 51.6 Å². The molecule has 0 unspecified atom stereocenters. The second kappa shape index (κ2) is 13.8. The normalized spacial score (nSPS) is 25.4. The highest BCUT2D eigenvalue weighted by molar-refractivity contribution is 5.87. The molecule has 268 valence electrons. The van der Waals surface area contributed by atoms with E-state index in [2.05, 4.69) is 0 Å². The first-order chi connectivity index (χ1) is 24.3. The van der Waals surface area contributed by atoms with E-state index in [9.17, 15) is 39.6 Å². The van der Waals surface area contributed by atoms with Crippen LogP contribution in [0.5, 0.6) is 11.5 Å². The van der Waals surface area contributed by atoms with E-state index in [1.165, 1.54) is 30.3 Å². The van der Waals surface area contributed by atoms with Gasteiger partial charge in [-0.2, -0.15) is 0 Å². The van der Waals surface area contributed by atoms with Gasteiger partial charge in [0, 0.05) is 29.2 Å². The van der Waals surface area contributed by atoms with Gasteiger partial charge in [0.15, 0.2) is 23.7 Å². The van der Waals surface area contributed by atoms with Gasteiger partial charge in [0.2, 0.25) is 12.2 Å². The Kier molecular flexibility index (Phi) is 9.64. The topological polar surface area (TPSA) is 189 Å². The van der Waals surface area contributed by atoms with E-state index < -0.39 is 65.7 Å². The van der Waals surface area contributed by atoms with Crippen molar-refractivity contribution in [1.82, 2.24) is 4.90 Å². The number of nitrogens with zero attached hydrogens (tertiary/aromatic N) is 1. The number of benzene rings is 3. The second-order valence-corrected chi connectivity index (χ2v) is 13.2. The van der Waals surface area contributed by atoms with Gasteiger partial charge in [0.1, 0.15) is 5.76 Å². The number of rotatable bonds is 10. The summed E-state index contributed by atoms with van der Waals surface area (Å²) in [4.78, 5) is 53.7. The van der Waals surface area contributed by atoms with E-state index in [1.54, 1.807) is 48.5 Å². The number of carboxylic acid groups (broad SMARTS) is 1. The molecule has 0 aromatic heterocycles. The number of aliphatic hydroxyl groups excluding tert-OH is 1. The van der Waals surface area contributed by atoms with E-state index in [-0.39, 0.29) is 40.8 Å². The van der Waals surface area contributed by atoms with Crippen LogP contribution in [-0.4, -0.2) is 86.6 Å². The van der Waals surface area contributed by atoms with Gasteiger partial charge in [0.25, 0.3) is 0 Å². The maximum absolute atomic E-state index is 13.3. The minimum absolute atomic E-state index is 0.0587. The number of aliphatic hydroxyl groups is 2. The highest BCUT2D eigenvalue weighted by atomic mass is 16.6. The number of aliphatic carboxylic acids is 1. The number of hydrogen-bond donors (Lipinski definition) is 4. The maximum atomic E-state index is 13.3. The quantitative estimate of drug-likeness (QED) is 0.178. The molecule has 13 heteroatoms. The van der Waals surface area contributed by atoms with Crippen molar-refractivity contribution < 1.29 is 58.6 Å². The molecule has 6 rings (SSSR count). The summed E-state index contributed by atoms with van der Waals surface area (Å²) in [7, 11) is 1.91. The Labute approximate surface area is 293 Å². The van der Waals surface area contributed by atoms with E-state index in [1.807, 2.05) is 25.8 Å². The minimum Gasteiger partial charge on any atom is -0.504 e. The van der Waals surface area contributed by atoms with Gasteiger partial charge in [0.05, 0.1) is 17.4 Å². The Bertz CT molecular complexity index is 1860. The number of likely N-dealkylation sites (N-methyl/N-ethyl adjacent to an activating group) is 1. The van der Waals surface area contributed by atoms with Crippen LogP contribution in [0.4, 0.5) is 0 Å². The van der Waals surface area contributed by atoms with Gasteiger partial charge >= 0.3 is 23.9 Å². The maximum Gasteiger partial charge on any atom is 0.353 e. The molecular weight excluding hydrogens is 662 g/mol. The number of esters is 3. The van der Waals surface area contributed by atoms with Crippen LogP contribution in [0.15, 0.2) is 84.6 Å². The summed E-state index contributed by atoms with van der Waals surface area (Å²) in [5.41, 5.74) is -0.722. The summed E-state index contributed by atoms with van der Waals surface area (Å²) in [5.74, 6) is -4.93. The molecule has 2 heterocycles. The average Bonchev–Trinajstić information content (AvgIpc) is 3.49. The number of ether oxygens (including phenoxy) is 4. The van der Waals surface area contributed by atoms with Gasteiger partial charge in [-0.1, -0.05) is 66.7 Å². The van der Waals surface area contributed by atoms with Crippen molar-refractivity contribution in [2.45, 2.75) is 74.6 Å². The molecule has 51 heavy (non-hydrogen) atoms. The monoisotopic (exact) mass is 701 g/mol. The van der Waals surface area contributed by atoms with Crippen LogP contribution in [0.25, 0.3) is 0 Å². The zero-order chi connectivity index (χ0) is 36.7. The molecular formula is C38H39NO12. The summed E-state index contributed by atoms with van der Waals surface area (Å²) in [5, 5.41) is 43.6. The van der Waals surface area contributed by atoms with Gasteiger partial charge in [-0.15, -0.1) is 0 Å².